The molecule has 3 rings (SSSR count). The second-order valence-corrected chi connectivity index (χ2v) is 5.14. The first-order valence-corrected chi connectivity index (χ1v) is 6.14. The Morgan fingerprint density at radius 3 is 2.76 bits per heavy atom. The zero-order valence-electron chi connectivity index (χ0n) is 9.65. The SMILES string of the molecule is C#Cc1cccc(NC(=O)C2CC3CC3C2)c1. The van der Waals surface area contributed by atoms with Gasteiger partial charge in [0.05, 0.1) is 0 Å². The Morgan fingerprint density at radius 1 is 1.29 bits per heavy atom. The molecule has 2 unspecified atom stereocenters. The average Bonchev–Trinajstić information content (AvgIpc) is 2.96. The third-order valence-corrected chi connectivity index (χ3v) is 3.91. The molecule has 1 amide bonds. The first kappa shape index (κ1) is 10.4. The van der Waals surface area contributed by atoms with E-state index in [9.17, 15) is 4.79 Å². The molecule has 0 aromatic heterocycles. The van der Waals surface area contributed by atoms with Crippen molar-refractivity contribution in [3.63, 3.8) is 0 Å². The van der Waals surface area contributed by atoms with Crippen LogP contribution in [0.1, 0.15) is 24.8 Å². The molecule has 1 aromatic carbocycles. The summed E-state index contributed by atoms with van der Waals surface area (Å²) in [4.78, 5) is 12.0. The zero-order chi connectivity index (χ0) is 11.8. The lowest BCUT2D eigenvalue weighted by molar-refractivity contribution is -0.120. The highest BCUT2D eigenvalue weighted by atomic mass is 16.1. The van der Waals surface area contributed by atoms with Crippen LogP contribution in [-0.2, 0) is 4.79 Å². The van der Waals surface area contributed by atoms with Crippen LogP contribution in [0.4, 0.5) is 5.69 Å². The fourth-order valence-corrected chi connectivity index (χ4v) is 2.86. The molecule has 2 atom stereocenters. The summed E-state index contributed by atoms with van der Waals surface area (Å²) in [5.74, 6) is 4.62. The summed E-state index contributed by atoms with van der Waals surface area (Å²) in [6.07, 6.45) is 8.83. The standard InChI is InChI=1S/C15H15NO/c1-2-10-4-3-5-14(6-10)16-15(17)13-8-11-7-12(11)9-13/h1,3-6,11-13H,7-9H2,(H,16,17). The second-order valence-electron chi connectivity index (χ2n) is 5.14. The van der Waals surface area contributed by atoms with Crippen molar-refractivity contribution >= 4 is 11.6 Å². The van der Waals surface area contributed by atoms with Crippen molar-refractivity contribution in [2.24, 2.45) is 17.8 Å². The van der Waals surface area contributed by atoms with Crippen molar-refractivity contribution in [3.8, 4) is 12.3 Å². The number of carbonyl (C=O) groups excluding carboxylic acids is 1. The van der Waals surface area contributed by atoms with Crippen molar-refractivity contribution in [2.45, 2.75) is 19.3 Å². The molecule has 1 aromatic rings. The molecule has 1 N–H and O–H groups in total. The molecular formula is C15H15NO. The highest BCUT2D eigenvalue weighted by molar-refractivity contribution is 5.93. The van der Waals surface area contributed by atoms with Gasteiger partial charge in [0.15, 0.2) is 0 Å². The molecule has 0 heterocycles. The van der Waals surface area contributed by atoms with Gasteiger partial charge in [0.2, 0.25) is 5.91 Å². The third-order valence-electron chi connectivity index (χ3n) is 3.91. The van der Waals surface area contributed by atoms with E-state index in [2.05, 4.69) is 11.2 Å². The highest BCUT2D eigenvalue weighted by Crippen LogP contribution is 2.54. The van der Waals surface area contributed by atoms with Gasteiger partial charge in [-0.05, 0) is 49.3 Å². The molecule has 0 radical (unpaired) electrons. The van der Waals surface area contributed by atoms with Crippen LogP contribution in [0.5, 0.6) is 0 Å². The van der Waals surface area contributed by atoms with Crippen LogP contribution >= 0.6 is 0 Å². The Kier molecular flexibility index (Phi) is 2.40. The van der Waals surface area contributed by atoms with E-state index >= 15 is 0 Å². The normalized spacial score (nSPS) is 29.2. The maximum absolute atomic E-state index is 12.0. The summed E-state index contributed by atoms with van der Waals surface area (Å²) in [7, 11) is 0. The molecule has 2 heteroatoms. The number of anilines is 1. The van der Waals surface area contributed by atoms with Gasteiger partial charge in [-0.3, -0.25) is 4.79 Å². The number of terminal acetylenes is 1. The molecule has 2 saturated carbocycles. The minimum absolute atomic E-state index is 0.159. The first-order chi connectivity index (χ1) is 8.26. The number of nitrogens with one attached hydrogen (secondary N) is 1. The smallest absolute Gasteiger partial charge is 0.227 e. The first-order valence-electron chi connectivity index (χ1n) is 6.14. The van der Waals surface area contributed by atoms with Crippen molar-refractivity contribution < 1.29 is 4.79 Å². The number of rotatable bonds is 2. The van der Waals surface area contributed by atoms with Gasteiger partial charge in [0.25, 0.3) is 0 Å². The fourth-order valence-electron chi connectivity index (χ4n) is 2.86. The second kappa shape index (κ2) is 3.92. The number of benzene rings is 1. The Morgan fingerprint density at radius 2 is 2.06 bits per heavy atom. The van der Waals surface area contributed by atoms with Gasteiger partial charge in [-0.25, -0.2) is 0 Å². The number of carbonyl (C=O) groups is 1. The van der Waals surface area contributed by atoms with Gasteiger partial charge in [-0.2, -0.15) is 0 Å². The topological polar surface area (TPSA) is 29.1 Å². The van der Waals surface area contributed by atoms with Gasteiger partial charge in [-0.15, -0.1) is 6.42 Å². The molecule has 2 aliphatic carbocycles. The van der Waals surface area contributed by atoms with Crippen molar-refractivity contribution in [1.29, 1.82) is 0 Å². The Bertz CT molecular complexity index is 490. The Balaban J connectivity index is 1.66. The van der Waals surface area contributed by atoms with E-state index in [1.165, 1.54) is 6.42 Å². The van der Waals surface area contributed by atoms with Gasteiger partial charge in [0.1, 0.15) is 0 Å². The monoisotopic (exact) mass is 225 g/mol. The third kappa shape index (κ3) is 2.06. The molecule has 0 saturated heterocycles. The summed E-state index contributed by atoms with van der Waals surface area (Å²) < 4.78 is 0. The molecular weight excluding hydrogens is 210 g/mol. The number of fused-ring (bicyclic) bond motifs is 1. The van der Waals surface area contributed by atoms with E-state index in [0.717, 1.165) is 35.9 Å². The average molecular weight is 225 g/mol. The summed E-state index contributed by atoms with van der Waals surface area (Å²) in [5, 5.41) is 2.97. The fraction of sp³-hybridized carbons (Fsp3) is 0.400. The summed E-state index contributed by atoms with van der Waals surface area (Å²) in [6.45, 7) is 0. The van der Waals surface area contributed by atoms with Crippen LogP contribution in [-0.4, -0.2) is 5.91 Å². The Hall–Kier alpha value is -1.75. The maximum Gasteiger partial charge on any atom is 0.227 e. The van der Waals surface area contributed by atoms with Crippen LogP contribution in [0.25, 0.3) is 0 Å². The van der Waals surface area contributed by atoms with E-state index in [4.69, 9.17) is 6.42 Å². The van der Waals surface area contributed by atoms with Crippen LogP contribution in [0.3, 0.4) is 0 Å². The van der Waals surface area contributed by atoms with E-state index in [-0.39, 0.29) is 11.8 Å². The molecule has 2 nitrogen and oxygen atoms in total. The van der Waals surface area contributed by atoms with Crippen LogP contribution in [0.2, 0.25) is 0 Å². The van der Waals surface area contributed by atoms with Crippen LogP contribution < -0.4 is 5.32 Å². The molecule has 86 valence electrons. The summed E-state index contributed by atoms with van der Waals surface area (Å²) in [6, 6.07) is 7.46. The van der Waals surface area contributed by atoms with E-state index in [1.54, 1.807) is 0 Å². The number of hydrogen-bond donors (Lipinski definition) is 1. The van der Waals surface area contributed by atoms with E-state index in [0.29, 0.717) is 0 Å². The Labute approximate surface area is 101 Å². The molecule has 17 heavy (non-hydrogen) atoms. The van der Waals surface area contributed by atoms with Crippen molar-refractivity contribution in [2.75, 3.05) is 5.32 Å². The quantitative estimate of drug-likeness (QED) is 0.770. The predicted molar refractivity (Wildman–Crippen MR) is 67.3 cm³/mol. The number of hydrogen-bond acceptors (Lipinski definition) is 1. The lowest BCUT2D eigenvalue weighted by atomic mass is 10.0. The summed E-state index contributed by atoms with van der Waals surface area (Å²) in [5.41, 5.74) is 1.61. The van der Waals surface area contributed by atoms with Gasteiger partial charge < -0.3 is 5.32 Å². The molecule has 2 fully saturated rings. The van der Waals surface area contributed by atoms with Crippen LogP contribution in [0, 0.1) is 30.1 Å². The molecule has 0 spiro atoms. The summed E-state index contributed by atoms with van der Waals surface area (Å²) >= 11 is 0. The molecule has 0 aliphatic heterocycles. The van der Waals surface area contributed by atoms with Gasteiger partial charge in [0, 0.05) is 17.2 Å². The predicted octanol–water partition coefficient (Wildman–Crippen LogP) is 2.65. The van der Waals surface area contributed by atoms with Crippen LogP contribution in [0.15, 0.2) is 24.3 Å². The molecule has 2 aliphatic rings. The van der Waals surface area contributed by atoms with Crippen molar-refractivity contribution in [3.05, 3.63) is 29.8 Å². The maximum atomic E-state index is 12.0. The molecule has 0 bridgehead atoms. The lowest BCUT2D eigenvalue weighted by Gasteiger charge is -2.12. The van der Waals surface area contributed by atoms with Crippen molar-refractivity contribution in [1.82, 2.24) is 0 Å². The van der Waals surface area contributed by atoms with Gasteiger partial charge in [-0.1, -0.05) is 12.0 Å². The largest absolute Gasteiger partial charge is 0.326 e. The van der Waals surface area contributed by atoms with E-state index in [1.807, 2.05) is 24.3 Å². The highest BCUT2D eigenvalue weighted by Gasteiger charge is 2.47. The minimum Gasteiger partial charge on any atom is -0.326 e. The van der Waals surface area contributed by atoms with Gasteiger partial charge >= 0.3 is 0 Å². The number of amides is 1. The lowest BCUT2D eigenvalue weighted by Crippen LogP contribution is -2.21. The minimum atomic E-state index is 0.159. The van der Waals surface area contributed by atoms with E-state index < -0.39 is 0 Å². The zero-order valence-corrected chi connectivity index (χ0v) is 9.65.